The van der Waals surface area contributed by atoms with E-state index in [-0.39, 0.29) is 5.92 Å². The third kappa shape index (κ3) is 3.86. The van der Waals surface area contributed by atoms with Gasteiger partial charge in [0.2, 0.25) is 0 Å². The van der Waals surface area contributed by atoms with Crippen LogP contribution in [0.2, 0.25) is 0 Å². The van der Waals surface area contributed by atoms with Gasteiger partial charge in [0, 0.05) is 22.4 Å². The second kappa shape index (κ2) is 10.8. The molecule has 1 heterocycles. The van der Waals surface area contributed by atoms with Crippen LogP contribution in [0.1, 0.15) is 39.3 Å². The van der Waals surface area contributed by atoms with E-state index in [0.717, 1.165) is 0 Å². The first kappa shape index (κ1) is 28.4. The lowest BCUT2D eigenvalue weighted by atomic mass is 9.63. The number of hydrogen-bond acceptors (Lipinski definition) is 0. The van der Waals surface area contributed by atoms with Gasteiger partial charge in [-0.3, -0.25) is 0 Å². The number of hydrogen-bond donors (Lipinski definition) is 0. The SMILES string of the molecule is C1=CC(c2ccccc2)(c2ccc3c(c2)c2ccccc2n3-c2ccccc2)C2=C(C3c4ccccc4-c4ccccc43)c3ccccc3C2=C1. The minimum absolute atomic E-state index is 0.109. The van der Waals surface area contributed by atoms with Crippen molar-refractivity contribution in [3.05, 3.63) is 233 Å². The van der Waals surface area contributed by atoms with Gasteiger partial charge >= 0.3 is 0 Å². The van der Waals surface area contributed by atoms with Crippen LogP contribution < -0.4 is 0 Å². The van der Waals surface area contributed by atoms with E-state index in [9.17, 15) is 0 Å². The molecule has 1 heteroatoms. The molecule has 51 heavy (non-hydrogen) atoms. The van der Waals surface area contributed by atoms with Gasteiger partial charge in [0.15, 0.2) is 0 Å². The smallest absolute Gasteiger partial charge is 0.0644 e. The molecule has 0 bridgehead atoms. The van der Waals surface area contributed by atoms with Gasteiger partial charge in [-0.1, -0.05) is 164 Å². The molecule has 0 fully saturated rings. The maximum absolute atomic E-state index is 2.49. The number of para-hydroxylation sites is 2. The Morgan fingerprint density at radius 3 is 1.78 bits per heavy atom. The maximum Gasteiger partial charge on any atom is 0.0644 e. The Balaban J connectivity index is 1.26. The lowest BCUT2D eigenvalue weighted by Crippen LogP contribution is -2.30. The highest BCUT2D eigenvalue weighted by Crippen LogP contribution is 2.62. The van der Waals surface area contributed by atoms with Crippen LogP contribution in [-0.4, -0.2) is 4.57 Å². The number of rotatable bonds is 4. The molecule has 0 spiro atoms. The lowest BCUT2D eigenvalue weighted by Gasteiger charge is -2.38. The first-order valence-corrected chi connectivity index (χ1v) is 17.9. The fourth-order valence-corrected chi connectivity index (χ4v) is 9.53. The van der Waals surface area contributed by atoms with Crippen molar-refractivity contribution in [2.45, 2.75) is 11.3 Å². The van der Waals surface area contributed by atoms with Crippen LogP contribution in [0.3, 0.4) is 0 Å². The molecule has 7 aromatic carbocycles. The summed E-state index contributed by atoms with van der Waals surface area (Å²) in [5.41, 5.74) is 17.8. The van der Waals surface area contributed by atoms with E-state index < -0.39 is 5.41 Å². The molecule has 0 radical (unpaired) electrons. The highest BCUT2D eigenvalue weighted by molar-refractivity contribution is 6.11. The normalized spacial score (nSPS) is 17.4. The van der Waals surface area contributed by atoms with E-state index in [1.807, 2.05) is 0 Å². The van der Waals surface area contributed by atoms with Crippen LogP contribution in [0.25, 0.3) is 49.8 Å². The number of allylic oxidation sites excluding steroid dienone is 6. The molecule has 3 aliphatic rings. The van der Waals surface area contributed by atoms with Crippen LogP contribution in [-0.2, 0) is 5.41 Å². The standard InChI is InChI=1S/C50H33N/c1-3-16-33(17-4-1)50(34-29-30-46-44(32-34)39-23-13-14-28-45(39)51(46)35-18-5-2-6-19-35)31-15-27-43-38-22-9-12-26-42(38)48(49(43)50)47-40-24-10-7-20-36(40)37-21-8-11-25-41(37)47/h1-32,47H. The molecule has 0 saturated heterocycles. The first-order chi connectivity index (χ1) is 25.3. The molecule has 1 atom stereocenters. The predicted molar refractivity (Wildman–Crippen MR) is 212 cm³/mol. The topological polar surface area (TPSA) is 4.93 Å². The van der Waals surface area contributed by atoms with Gasteiger partial charge in [-0.05, 0) is 91.6 Å². The molecule has 1 unspecified atom stereocenters. The summed E-state index contributed by atoms with van der Waals surface area (Å²) in [6.45, 7) is 0. The van der Waals surface area contributed by atoms with Gasteiger partial charge in [-0.25, -0.2) is 0 Å². The van der Waals surface area contributed by atoms with Crippen LogP contribution in [0, 0.1) is 0 Å². The fourth-order valence-electron chi connectivity index (χ4n) is 9.53. The predicted octanol–water partition coefficient (Wildman–Crippen LogP) is 12.3. The zero-order chi connectivity index (χ0) is 33.5. The molecule has 0 N–H and O–H groups in total. The molecule has 3 aliphatic carbocycles. The molecule has 8 aromatic rings. The summed E-state index contributed by atoms with van der Waals surface area (Å²) < 4.78 is 2.41. The Morgan fingerprint density at radius 1 is 0.451 bits per heavy atom. The average Bonchev–Trinajstić information content (AvgIpc) is 3.84. The molecule has 0 saturated carbocycles. The van der Waals surface area contributed by atoms with E-state index in [0.29, 0.717) is 0 Å². The third-order valence-electron chi connectivity index (χ3n) is 11.5. The first-order valence-electron chi connectivity index (χ1n) is 17.9. The lowest BCUT2D eigenvalue weighted by molar-refractivity contribution is 0.778. The van der Waals surface area contributed by atoms with E-state index in [4.69, 9.17) is 0 Å². The summed E-state index contributed by atoms with van der Waals surface area (Å²) in [6, 6.07) is 65.2. The highest BCUT2D eigenvalue weighted by Gasteiger charge is 2.47. The van der Waals surface area contributed by atoms with E-state index in [1.54, 1.807) is 0 Å². The van der Waals surface area contributed by atoms with E-state index in [2.05, 4.69) is 199 Å². The Kier molecular flexibility index (Phi) is 6.00. The van der Waals surface area contributed by atoms with Crippen molar-refractivity contribution in [3.63, 3.8) is 0 Å². The van der Waals surface area contributed by atoms with Crippen LogP contribution in [0.5, 0.6) is 0 Å². The molecule has 238 valence electrons. The van der Waals surface area contributed by atoms with Gasteiger partial charge in [0.25, 0.3) is 0 Å². The van der Waals surface area contributed by atoms with Crippen molar-refractivity contribution in [3.8, 4) is 16.8 Å². The average molecular weight is 648 g/mol. The van der Waals surface area contributed by atoms with E-state index in [1.165, 1.54) is 88.7 Å². The molecule has 0 amide bonds. The molecule has 1 aromatic heterocycles. The molecule has 11 rings (SSSR count). The zero-order valence-electron chi connectivity index (χ0n) is 28.0. The fraction of sp³-hybridized carbons (Fsp3) is 0.0400. The van der Waals surface area contributed by atoms with Crippen LogP contribution in [0.4, 0.5) is 0 Å². The Labute approximate surface area is 297 Å². The summed E-state index contributed by atoms with van der Waals surface area (Å²) in [5.74, 6) is 0.109. The number of nitrogens with zero attached hydrogens (tertiary/aromatic N) is 1. The van der Waals surface area contributed by atoms with Gasteiger partial charge < -0.3 is 4.57 Å². The zero-order valence-corrected chi connectivity index (χ0v) is 28.0. The van der Waals surface area contributed by atoms with Crippen molar-refractivity contribution in [1.29, 1.82) is 0 Å². The van der Waals surface area contributed by atoms with E-state index >= 15 is 0 Å². The minimum Gasteiger partial charge on any atom is -0.309 e. The van der Waals surface area contributed by atoms with Crippen molar-refractivity contribution >= 4 is 33.0 Å². The minimum atomic E-state index is -0.531. The summed E-state index contributed by atoms with van der Waals surface area (Å²) in [5, 5.41) is 2.53. The Bertz CT molecular complexity index is 2750. The van der Waals surface area contributed by atoms with Crippen molar-refractivity contribution < 1.29 is 0 Å². The summed E-state index contributed by atoms with van der Waals surface area (Å²) in [6.07, 6.45) is 7.13. The molecular weight excluding hydrogens is 615 g/mol. The van der Waals surface area contributed by atoms with Crippen molar-refractivity contribution in [2.24, 2.45) is 0 Å². The van der Waals surface area contributed by atoms with Gasteiger partial charge in [-0.2, -0.15) is 0 Å². The number of fused-ring (bicyclic) bond motifs is 9. The Hall–Kier alpha value is -6.44. The number of aromatic nitrogens is 1. The Morgan fingerprint density at radius 2 is 1.04 bits per heavy atom. The molecular formula is C50H33N. The second-order valence-electron chi connectivity index (χ2n) is 14.0. The molecule has 1 nitrogen and oxygen atoms in total. The quantitative estimate of drug-likeness (QED) is 0.179. The highest BCUT2D eigenvalue weighted by atomic mass is 15.0. The van der Waals surface area contributed by atoms with Gasteiger partial charge in [-0.15, -0.1) is 0 Å². The third-order valence-corrected chi connectivity index (χ3v) is 11.5. The second-order valence-corrected chi connectivity index (χ2v) is 14.0. The maximum atomic E-state index is 2.49. The monoisotopic (exact) mass is 647 g/mol. The van der Waals surface area contributed by atoms with Crippen molar-refractivity contribution in [2.75, 3.05) is 0 Å². The van der Waals surface area contributed by atoms with Crippen LogP contribution >= 0.6 is 0 Å². The van der Waals surface area contributed by atoms with Crippen LogP contribution in [0.15, 0.2) is 200 Å². The van der Waals surface area contributed by atoms with Crippen molar-refractivity contribution in [1.82, 2.24) is 4.57 Å². The summed E-state index contributed by atoms with van der Waals surface area (Å²) >= 11 is 0. The van der Waals surface area contributed by atoms with Gasteiger partial charge in [0.1, 0.15) is 0 Å². The largest absolute Gasteiger partial charge is 0.309 e. The summed E-state index contributed by atoms with van der Waals surface area (Å²) in [7, 11) is 0. The summed E-state index contributed by atoms with van der Waals surface area (Å²) in [4.78, 5) is 0. The molecule has 0 aliphatic heterocycles. The van der Waals surface area contributed by atoms with Gasteiger partial charge in [0.05, 0.1) is 16.4 Å². The number of benzene rings is 7.